The van der Waals surface area contributed by atoms with Crippen molar-refractivity contribution in [3.05, 3.63) is 101 Å². The fraction of sp³-hybridized carbons (Fsp3) is 0.367. The second-order valence-corrected chi connectivity index (χ2v) is 9.71. The smallest absolute Gasteiger partial charge is 0.232 e. The van der Waals surface area contributed by atoms with E-state index in [1.165, 1.54) is 11.1 Å². The van der Waals surface area contributed by atoms with Gasteiger partial charge in [-0.25, -0.2) is 0 Å². The Bertz CT molecular complexity index is 1070. The van der Waals surface area contributed by atoms with Crippen LogP contribution in [-0.2, 0) is 23.1 Å². The molecule has 2 atom stereocenters. The summed E-state index contributed by atoms with van der Waals surface area (Å²) in [7, 11) is 0. The number of benzene rings is 3. The van der Waals surface area contributed by atoms with E-state index in [9.17, 15) is 4.79 Å². The molecular formula is C30H34N2O2. The Labute approximate surface area is 202 Å². The van der Waals surface area contributed by atoms with Gasteiger partial charge in [-0.2, -0.15) is 0 Å². The molecule has 0 bridgehead atoms. The molecule has 0 aromatic heterocycles. The number of fused-ring (bicyclic) bond motifs is 1. The molecule has 0 radical (unpaired) electrons. The summed E-state index contributed by atoms with van der Waals surface area (Å²) in [6.07, 6.45) is 6.18. The molecule has 3 aromatic rings. The van der Waals surface area contributed by atoms with Crippen LogP contribution in [0.25, 0.3) is 0 Å². The average Bonchev–Trinajstić information content (AvgIpc) is 3.53. The topological polar surface area (TPSA) is 64.4 Å². The van der Waals surface area contributed by atoms with Gasteiger partial charge in [0.15, 0.2) is 0 Å². The highest BCUT2D eigenvalue weighted by molar-refractivity contribution is 5.91. The van der Waals surface area contributed by atoms with Crippen LogP contribution in [0.15, 0.2) is 78.9 Å². The monoisotopic (exact) mass is 454 g/mol. The summed E-state index contributed by atoms with van der Waals surface area (Å²) in [6, 6.07) is 27.2. The summed E-state index contributed by atoms with van der Waals surface area (Å²) < 4.78 is 5.62. The zero-order chi connectivity index (χ0) is 23.4. The van der Waals surface area contributed by atoms with E-state index >= 15 is 0 Å². The van der Waals surface area contributed by atoms with Crippen molar-refractivity contribution < 1.29 is 9.53 Å². The van der Waals surface area contributed by atoms with Gasteiger partial charge < -0.3 is 15.8 Å². The lowest BCUT2D eigenvalue weighted by molar-refractivity contribution is -0.123. The highest BCUT2D eigenvalue weighted by Gasteiger charge is 2.49. The second-order valence-electron chi connectivity index (χ2n) is 9.71. The van der Waals surface area contributed by atoms with E-state index in [1.54, 1.807) is 0 Å². The molecule has 4 nitrogen and oxygen atoms in total. The molecule has 3 N–H and O–H groups in total. The van der Waals surface area contributed by atoms with Crippen molar-refractivity contribution in [2.24, 2.45) is 11.7 Å². The minimum absolute atomic E-state index is 0.170. The lowest BCUT2D eigenvalue weighted by Gasteiger charge is -2.37. The number of rotatable bonds is 9. The van der Waals surface area contributed by atoms with E-state index in [2.05, 4.69) is 47.8 Å². The molecule has 1 aliphatic heterocycles. The number of hydrogen-bond donors (Lipinski definition) is 2. The van der Waals surface area contributed by atoms with Gasteiger partial charge in [-0.3, -0.25) is 4.79 Å². The Hall–Kier alpha value is -3.11. The lowest BCUT2D eigenvalue weighted by Crippen LogP contribution is -2.48. The van der Waals surface area contributed by atoms with Crippen LogP contribution in [0, 0.1) is 5.92 Å². The molecule has 1 heterocycles. The summed E-state index contributed by atoms with van der Waals surface area (Å²) >= 11 is 0. The van der Waals surface area contributed by atoms with Gasteiger partial charge >= 0.3 is 0 Å². The maximum atomic E-state index is 13.2. The van der Waals surface area contributed by atoms with Crippen molar-refractivity contribution in [1.82, 2.24) is 5.32 Å². The van der Waals surface area contributed by atoms with E-state index in [1.807, 2.05) is 36.4 Å². The summed E-state index contributed by atoms with van der Waals surface area (Å²) in [5.74, 6) is 0.966. The molecule has 5 rings (SSSR count). The first-order valence-electron chi connectivity index (χ1n) is 12.6. The van der Waals surface area contributed by atoms with Crippen LogP contribution in [0.4, 0.5) is 0 Å². The molecule has 34 heavy (non-hydrogen) atoms. The Balaban J connectivity index is 1.25. The molecule has 1 fully saturated rings. The van der Waals surface area contributed by atoms with Gasteiger partial charge in [-0.05, 0) is 72.9 Å². The number of aryl methyl sites for hydroxylation is 1. The van der Waals surface area contributed by atoms with Gasteiger partial charge in [0.25, 0.3) is 0 Å². The molecule has 1 amide bonds. The number of nitrogens with two attached hydrogens (primary N) is 1. The second kappa shape index (κ2) is 10.0. The third-order valence-electron chi connectivity index (χ3n) is 7.72. The molecular weight excluding hydrogens is 420 g/mol. The van der Waals surface area contributed by atoms with Crippen LogP contribution in [-0.4, -0.2) is 25.1 Å². The molecule has 0 spiro atoms. The zero-order valence-electron chi connectivity index (χ0n) is 19.7. The molecule has 1 aliphatic carbocycles. The Morgan fingerprint density at radius 2 is 1.68 bits per heavy atom. The van der Waals surface area contributed by atoms with Gasteiger partial charge in [0.2, 0.25) is 5.91 Å². The SMILES string of the molecule is NC(=O)C(c1ccccc1)(c1ccccc1)C1CCC(NCCCc2ccc3c(c2)CCO3)C1. The van der Waals surface area contributed by atoms with Crippen LogP contribution in [0.3, 0.4) is 0 Å². The van der Waals surface area contributed by atoms with Crippen LogP contribution >= 0.6 is 0 Å². The van der Waals surface area contributed by atoms with Gasteiger partial charge in [0.05, 0.1) is 6.61 Å². The first kappa shape index (κ1) is 22.7. The molecule has 2 unspecified atom stereocenters. The Morgan fingerprint density at radius 3 is 2.35 bits per heavy atom. The highest BCUT2D eigenvalue weighted by Crippen LogP contribution is 2.47. The maximum absolute atomic E-state index is 13.2. The first-order valence-corrected chi connectivity index (χ1v) is 12.6. The Morgan fingerprint density at radius 1 is 0.971 bits per heavy atom. The van der Waals surface area contributed by atoms with Crippen LogP contribution in [0.5, 0.6) is 5.75 Å². The number of hydrogen-bond acceptors (Lipinski definition) is 3. The minimum Gasteiger partial charge on any atom is -0.493 e. The molecule has 176 valence electrons. The third kappa shape index (κ3) is 4.35. The zero-order valence-corrected chi connectivity index (χ0v) is 19.7. The van der Waals surface area contributed by atoms with Crippen molar-refractivity contribution in [2.75, 3.05) is 13.2 Å². The molecule has 2 aliphatic rings. The van der Waals surface area contributed by atoms with E-state index < -0.39 is 5.41 Å². The van der Waals surface area contributed by atoms with Gasteiger partial charge in [-0.1, -0.05) is 72.8 Å². The van der Waals surface area contributed by atoms with E-state index in [4.69, 9.17) is 10.5 Å². The number of amides is 1. The normalized spacial score (nSPS) is 19.5. The molecule has 1 saturated carbocycles. The standard InChI is InChI=1S/C30H34N2O2/c31-29(33)30(24-9-3-1-4-10-24,25-11-5-2-6-12-25)26-14-15-27(21-26)32-18-7-8-22-13-16-28-23(20-22)17-19-34-28/h1-6,9-13,16,20,26-27,32H,7-8,14-15,17-19,21H2,(H2,31,33). The van der Waals surface area contributed by atoms with Crippen molar-refractivity contribution >= 4 is 5.91 Å². The maximum Gasteiger partial charge on any atom is 0.232 e. The van der Waals surface area contributed by atoms with Crippen molar-refractivity contribution in [3.8, 4) is 5.75 Å². The fourth-order valence-corrected chi connectivity index (χ4v) is 6.08. The van der Waals surface area contributed by atoms with Crippen LogP contribution in [0.1, 0.15) is 47.9 Å². The number of carbonyl (C=O) groups excluding carboxylic acids is 1. The highest BCUT2D eigenvalue weighted by atomic mass is 16.5. The minimum atomic E-state index is -0.800. The van der Waals surface area contributed by atoms with Crippen LogP contribution in [0.2, 0.25) is 0 Å². The molecule has 0 saturated heterocycles. The van der Waals surface area contributed by atoms with Crippen molar-refractivity contribution in [1.29, 1.82) is 0 Å². The third-order valence-corrected chi connectivity index (χ3v) is 7.72. The lowest BCUT2D eigenvalue weighted by atomic mass is 9.64. The summed E-state index contributed by atoms with van der Waals surface area (Å²) in [4.78, 5) is 13.2. The number of nitrogens with one attached hydrogen (secondary N) is 1. The van der Waals surface area contributed by atoms with Gasteiger partial charge in [0.1, 0.15) is 11.2 Å². The summed E-state index contributed by atoms with van der Waals surface area (Å²) in [5, 5.41) is 3.77. The number of ether oxygens (including phenoxy) is 1. The van der Waals surface area contributed by atoms with E-state index in [0.29, 0.717) is 6.04 Å². The summed E-state index contributed by atoms with van der Waals surface area (Å²) in [6.45, 7) is 1.78. The largest absolute Gasteiger partial charge is 0.493 e. The van der Waals surface area contributed by atoms with Crippen LogP contribution < -0.4 is 15.8 Å². The fourth-order valence-electron chi connectivity index (χ4n) is 6.08. The van der Waals surface area contributed by atoms with Gasteiger partial charge in [-0.15, -0.1) is 0 Å². The number of primary amides is 1. The average molecular weight is 455 g/mol. The van der Waals surface area contributed by atoms with E-state index in [0.717, 1.165) is 68.6 Å². The van der Waals surface area contributed by atoms with E-state index in [-0.39, 0.29) is 11.8 Å². The molecule has 4 heteroatoms. The predicted molar refractivity (Wildman–Crippen MR) is 136 cm³/mol. The van der Waals surface area contributed by atoms with Crippen molar-refractivity contribution in [2.45, 2.75) is 50.0 Å². The molecule has 3 aromatic carbocycles. The van der Waals surface area contributed by atoms with Gasteiger partial charge in [0, 0.05) is 12.5 Å². The number of carbonyl (C=O) groups is 1. The summed E-state index contributed by atoms with van der Waals surface area (Å²) in [5.41, 5.74) is 10.1. The predicted octanol–water partition coefficient (Wildman–Crippen LogP) is 4.78. The first-order chi connectivity index (χ1) is 16.7. The quantitative estimate of drug-likeness (QED) is 0.457. The van der Waals surface area contributed by atoms with Crippen molar-refractivity contribution in [3.63, 3.8) is 0 Å². The Kier molecular flexibility index (Phi) is 6.68.